The SMILES string of the molecule is CCN1c2ccc(/C=N\NC(=O)c3cc4cc(Cl)ccc4o3)cc2[C@@H](C)CC1(C)C. The minimum Gasteiger partial charge on any atom is -0.451 e. The van der Waals surface area contributed by atoms with Gasteiger partial charge in [0, 0.05) is 28.2 Å². The smallest absolute Gasteiger partial charge is 0.307 e. The zero-order valence-corrected chi connectivity index (χ0v) is 18.5. The number of fused-ring (bicyclic) bond motifs is 2. The predicted octanol–water partition coefficient (Wildman–Crippen LogP) is 5.96. The van der Waals surface area contributed by atoms with Gasteiger partial charge in [-0.3, -0.25) is 4.79 Å². The van der Waals surface area contributed by atoms with E-state index < -0.39 is 5.91 Å². The van der Waals surface area contributed by atoms with E-state index in [0.29, 0.717) is 16.5 Å². The summed E-state index contributed by atoms with van der Waals surface area (Å²) >= 11 is 5.98. The summed E-state index contributed by atoms with van der Waals surface area (Å²) in [6, 6.07) is 13.2. The van der Waals surface area contributed by atoms with Crippen LogP contribution in [-0.2, 0) is 0 Å². The Balaban J connectivity index is 1.50. The molecule has 3 aromatic rings. The molecule has 0 saturated heterocycles. The maximum atomic E-state index is 12.4. The van der Waals surface area contributed by atoms with Gasteiger partial charge in [0.1, 0.15) is 5.58 Å². The lowest BCUT2D eigenvalue weighted by Gasteiger charge is -2.47. The van der Waals surface area contributed by atoms with Gasteiger partial charge in [-0.15, -0.1) is 0 Å². The molecule has 0 radical (unpaired) electrons. The predicted molar refractivity (Wildman–Crippen MR) is 123 cm³/mol. The van der Waals surface area contributed by atoms with Crippen LogP contribution in [0.4, 0.5) is 5.69 Å². The lowest BCUT2D eigenvalue weighted by Crippen LogP contribution is -2.48. The number of rotatable bonds is 4. The van der Waals surface area contributed by atoms with Crippen molar-refractivity contribution in [3.8, 4) is 0 Å². The van der Waals surface area contributed by atoms with Crippen molar-refractivity contribution >= 4 is 40.4 Å². The third-order valence-corrected chi connectivity index (χ3v) is 6.04. The van der Waals surface area contributed by atoms with Crippen molar-refractivity contribution in [2.45, 2.75) is 45.6 Å². The molecule has 5 nitrogen and oxygen atoms in total. The van der Waals surface area contributed by atoms with Gasteiger partial charge in [-0.1, -0.05) is 24.6 Å². The largest absolute Gasteiger partial charge is 0.451 e. The lowest BCUT2D eigenvalue weighted by molar-refractivity contribution is 0.0929. The molecule has 1 aliphatic rings. The molecule has 2 heterocycles. The second-order valence-corrected chi connectivity index (χ2v) is 8.91. The number of hydrogen-bond acceptors (Lipinski definition) is 4. The number of nitrogens with zero attached hydrogens (tertiary/aromatic N) is 2. The van der Waals surface area contributed by atoms with Crippen molar-refractivity contribution < 1.29 is 9.21 Å². The Morgan fingerprint density at radius 2 is 2.10 bits per heavy atom. The number of furan rings is 1. The van der Waals surface area contributed by atoms with Gasteiger partial charge in [-0.2, -0.15) is 5.10 Å². The molecule has 1 atom stereocenters. The van der Waals surface area contributed by atoms with E-state index in [2.05, 4.69) is 55.3 Å². The number of nitrogens with one attached hydrogen (secondary N) is 1. The summed E-state index contributed by atoms with van der Waals surface area (Å²) in [5.74, 6) is 0.260. The van der Waals surface area contributed by atoms with Gasteiger partial charge in [0.2, 0.25) is 0 Å². The Labute approximate surface area is 181 Å². The Kier molecular flexibility index (Phi) is 5.33. The standard InChI is InChI=1S/C24H26ClN3O2/c1-5-28-20-8-6-16(10-19(20)15(2)13-24(28,3)4)14-26-27-23(29)22-12-17-11-18(25)7-9-21(17)30-22/h6-12,14-15H,5,13H2,1-4H3,(H,27,29)/b26-14-/t15-/m0/s1. The van der Waals surface area contributed by atoms with E-state index in [9.17, 15) is 4.79 Å². The number of benzene rings is 2. The first-order valence-corrected chi connectivity index (χ1v) is 10.6. The minimum atomic E-state index is -0.399. The van der Waals surface area contributed by atoms with Crippen LogP contribution in [0.1, 0.15) is 61.7 Å². The van der Waals surface area contributed by atoms with Gasteiger partial charge in [-0.05, 0) is 80.6 Å². The summed E-state index contributed by atoms with van der Waals surface area (Å²) in [5.41, 5.74) is 6.85. The van der Waals surface area contributed by atoms with Crippen molar-refractivity contribution in [1.82, 2.24) is 5.43 Å². The van der Waals surface area contributed by atoms with E-state index in [-0.39, 0.29) is 11.3 Å². The van der Waals surface area contributed by atoms with Gasteiger partial charge in [0.05, 0.1) is 6.21 Å². The molecule has 156 valence electrons. The van der Waals surface area contributed by atoms with Crippen LogP contribution in [0.25, 0.3) is 11.0 Å². The van der Waals surface area contributed by atoms with E-state index in [1.165, 1.54) is 11.3 Å². The first-order chi connectivity index (χ1) is 14.3. The molecule has 1 N–H and O–H groups in total. The number of amides is 1. The molecule has 4 rings (SSSR count). The number of hydrogen-bond donors (Lipinski definition) is 1. The first-order valence-electron chi connectivity index (χ1n) is 10.2. The highest BCUT2D eigenvalue weighted by Crippen LogP contribution is 2.43. The van der Waals surface area contributed by atoms with Gasteiger partial charge in [0.25, 0.3) is 0 Å². The van der Waals surface area contributed by atoms with Crippen LogP contribution < -0.4 is 10.3 Å². The van der Waals surface area contributed by atoms with Gasteiger partial charge < -0.3 is 9.32 Å². The number of hydrazone groups is 1. The highest BCUT2D eigenvalue weighted by molar-refractivity contribution is 6.31. The summed E-state index contributed by atoms with van der Waals surface area (Å²) in [6.07, 6.45) is 2.77. The summed E-state index contributed by atoms with van der Waals surface area (Å²) in [5, 5.41) is 5.50. The molecule has 30 heavy (non-hydrogen) atoms. The Morgan fingerprint density at radius 3 is 2.87 bits per heavy atom. The number of halogens is 1. The van der Waals surface area contributed by atoms with Crippen molar-refractivity contribution in [3.05, 3.63) is 64.4 Å². The summed E-state index contributed by atoms with van der Waals surface area (Å²) < 4.78 is 5.57. The van der Waals surface area contributed by atoms with Crippen LogP contribution >= 0.6 is 11.6 Å². The fraction of sp³-hybridized carbons (Fsp3) is 0.333. The van der Waals surface area contributed by atoms with Crippen molar-refractivity contribution in [1.29, 1.82) is 0 Å². The quantitative estimate of drug-likeness (QED) is 0.416. The Morgan fingerprint density at radius 1 is 1.30 bits per heavy atom. The third-order valence-electron chi connectivity index (χ3n) is 5.81. The maximum Gasteiger partial charge on any atom is 0.307 e. The fourth-order valence-corrected chi connectivity index (χ4v) is 4.71. The summed E-state index contributed by atoms with van der Waals surface area (Å²) in [7, 11) is 0. The zero-order valence-electron chi connectivity index (χ0n) is 17.7. The molecule has 0 spiro atoms. The van der Waals surface area contributed by atoms with Crippen LogP contribution in [0.2, 0.25) is 5.02 Å². The van der Waals surface area contributed by atoms with Crippen molar-refractivity contribution in [3.63, 3.8) is 0 Å². The molecular weight excluding hydrogens is 398 g/mol. The molecule has 1 amide bonds. The highest BCUT2D eigenvalue weighted by Gasteiger charge is 2.35. The van der Waals surface area contributed by atoms with E-state index in [4.69, 9.17) is 16.0 Å². The molecule has 0 bridgehead atoms. The lowest BCUT2D eigenvalue weighted by atomic mass is 9.79. The average Bonchev–Trinajstić information content (AvgIpc) is 3.11. The fourth-order valence-electron chi connectivity index (χ4n) is 4.53. The van der Waals surface area contributed by atoms with Crippen LogP contribution in [0, 0.1) is 0 Å². The molecule has 0 fully saturated rings. The van der Waals surface area contributed by atoms with Gasteiger partial charge in [0.15, 0.2) is 5.76 Å². The average molecular weight is 424 g/mol. The molecule has 2 aromatic carbocycles. The molecule has 0 unspecified atom stereocenters. The third kappa shape index (κ3) is 3.82. The van der Waals surface area contributed by atoms with Gasteiger partial charge in [-0.25, -0.2) is 5.43 Å². The maximum absolute atomic E-state index is 12.4. The second kappa shape index (κ2) is 7.80. The minimum absolute atomic E-state index is 0.140. The van der Waals surface area contributed by atoms with Crippen LogP contribution in [0.15, 0.2) is 52.0 Å². The topological polar surface area (TPSA) is 57.8 Å². The second-order valence-electron chi connectivity index (χ2n) is 8.47. The summed E-state index contributed by atoms with van der Waals surface area (Å²) in [6.45, 7) is 10.0. The van der Waals surface area contributed by atoms with Crippen LogP contribution in [0.3, 0.4) is 0 Å². The van der Waals surface area contributed by atoms with Gasteiger partial charge >= 0.3 is 5.91 Å². The Bertz CT molecular complexity index is 1130. The van der Waals surface area contributed by atoms with E-state index >= 15 is 0 Å². The van der Waals surface area contributed by atoms with Crippen molar-refractivity contribution in [2.24, 2.45) is 5.10 Å². The summed E-state index contributed by atoms with van der Waals surface area (Å²) in [4.78, 5) is 14.8. The van der Waals surface area contributed by atoms with E-state index in [1.807, 2.05) is 6.07 Å². The molecule has 0 saturated carbocycles. The molecule has 6 heteroatoms. The number of anilines is 1. The molecule has 1 aliphatic heterocycles. The molecule has 1 aromatic heterocycles. The Hall–Kier alpha value is -2.79. The number of carbonyl (C=O) groups is 1. The van der Waals surface area contributed by atoms with E-state index in [0.717, 1.165) is 23.9 Å². The zero-order chi connectivity index (χ0) is 21.5. The van der Waals surface area contributed by atoms with Crippen molar-refractivity contribution in [2.75, 3.05) is 11.4 Å². The highest BCUT2D eigenvalue weighted by atomic mass is 35.5. The normalized spacial score (nSPS) is 18.0. The monoisotopic (exact) mass is 423 g/mol. The van der Waals surface area contributed by atoms with Crippen LogP contribution in [-0.4, -0.2) is 24.2 Å². The van der Waals surface area contributed by atoms with Crippen LogP contribution in [0.5, 0.6) is 0 Å². The number of carbonyl (C=O) groups excluding carboxylic acids is 1. The molecule has 0 aliphatic carbocycles. The molecular formula is C24H26ClN3O2. The first kappa shape index (κ1) is 20.5. The van der Waals surface area contributed by atoms with E-state index in [1.54, 1.807) is 30.5 Å².